The lowest BCUT2D eigenvalue weighted by atomic mass is 9.99. The van der Waals surface area contributed by atoms with Crippen molar-refractivity contribution in [3.8, 4) is 0 Å². The molecule has 0 unspecified atom stereocenters. The van der Waals surface area contributed by atoms with E-state index in [1.807, 2.05) is 0 Å². The quantitative estimate of drug-likeness (QED) is 0.720. The second-order valence-electron chi connectivity index (χ2n) is 4.29. The molecule has 0 N–H and O–H groups in total. The van der Waals surface area contributed by atoms with Crippen LogP contribution in [0.1, 0.15) is 21.5 Å². The van der Waals surface area contributed by atoms with Crippen LogP contribution in [0.25, 0.3) is 0 Å². The van der Waals surface area contributed by atoms with Crippen molar-refractivity contribution in [1.82, 2.24) is 0 Å². The fraction of sp³-hybridized carbons (Fsp3) is 0.133. The van der Waals surface area contributed by atoms with Gasteiger partial charge in [0.1, 0.15) is 5.82 Å². The molecule has 2 rings (SSSR count). The van der Waals surface area contributed by atoms with Crippen molar-refractivity contribution < 1.29 is 9.18 Å². The number of benzene rings is 2. The maximum Gasteiger partial charge on any atom is 0.167 e. The van der Waals surface area contributed by atoms with Gasteiger partial charge in [0.05, 0.1) is 0 Å². The molecule has 0 saturated carbocycles. The van der Waals surface area contributed by atoms with Crippen molar-refractivity contribution in [1.29, 1.82) is 0 Å². The van der Waals surface area contributed by atoms with Crippen LogP contribution >= 0.6 is 27.5 Å². The van der Waals surface area contributed by atoms with Gasteiger partial charge < -0.3 is 0 Å². The lowest BCUT2D eigenvalue weighted by molar-refractivity contribution is 0.0992. The monoisotopic (exact) mass is 340 g/mol. The highest BCUT2D eigenvalue weighted by Gasteiger charge is 2.12. The molecule has 98 valence electrons. The number of carbonyl (C=O) groups is 1. The predicted molar refractivity (Wildman–Crippen MR) is 78.3 cm³/mol. The van der Waals surface area contributed by atoms with Gasteiger partial charge in [-0.05, 0) is 42.3 Å². The molecule has 0 bridgehead atoms. The van der Waals surface area contributed by atoms with Gasteiger partial charge >= 0.3 is 0 Å². The number of hydrogen-bond donors (Lipinski definition) is 0. The largest absolute Gasteiger partial charge is 0.294 e. The zero-order valence-corrected chi connectivity index (χ0v) is 12.6. The van der Waals surface area contributed by atoms with Crippen LogP contribution in [0.4, 0.5) is 4.39 Å². The van der Waals surface area contributed by atoms with Crippen LogP contribution in [0.15, 0.2) is 40.9 Å². The van der Waals surface area contributed by atoms with E-state index >= 15 is 0 Å². The number of ketones is 1. The van der Waals surface area contributed by atoms with E-state index in [-0.39, 0.29) is 18.0 Å². The summed E-state index contributed by atoms with van der Waals surface area (Å²) in [6.45, 7) is 1.80. The normalized spacial score (nSPS) is 10.5. The molecule has 0 aliphatic carbocycles. The molecule has 0 aliphatic heterocycles. The van der Waals surface area contributed by atoms with E-state index in [0.29, 0.717) is 20.6 Å². The molecule has 0 saturated heterocycles. The van der Waals surface area contributed by atoms with Gasteiger partial charge in [0, 0.05) is 21.5 Å². The first-order chi connectivity index (χ1) is 8.97. The molecule has 0 radical (unpaired) electrons. The maximum atomic E-state index is 13.3. The second-order valence-corrected chi connectivity index (χ2v) is 5.61. The third-order valence-electron chi connectivity index (χ3n) is 2.86. The first-order valence-electron chi connectivity index (χ1n) is 5.70. The smallest absolute Gasteiger partial charge is 0.167 e. The molecular weight excluding hydrogens is 331 g/mol. The zero-order valence-electron chi connectivity index (χ0n) is 10.2. The maximum absolute atomic E-state index is 13.3. The van der Waals surface area contributed by atoms with Gasteiger partial charge in [-0.2, -0.15) is 0 Å². The van der Waals surface area contributed by atoms with E-state index in [0.717, 1.165) is 5.56 Å². The molecule has 4 heteroatoms. The number of halogens is 3. The molecule has 2 aromatic rings. The lowest BCUT2D eigenvalue weighted by Gasteiger charge is -2.07. The van der Waals surface area contributed by atoms with Gasteiger partial charge in [0.2, 0.25) is 0 Å². The first kappa shape index (κ1) is 14.2. The summed E-state index contributed by atoms with van der Waals surface area (Å²) in [4.78, 5) is 12.2. The number of rotatable bonds is 3. The first-order valence-corrected chi connectivity index (χ1v) is 6.88. The zero-order chi connectivity index (χ0) is 14.0. The van der Waals surface area contributed by atoms with E-state index in [4.69, 9.17) is 11.6 Å². The van der Waals surface area contributed by atoms with Crippen molar-refractivity contribution in [2.24, 2.45) is 0 Å². The minimum atomic E-state index is -0.361. The van der Waals surface area contributed by atoms with Crippen LogP contribution in [0, 0.1) is 12.7 Å². The Bertz CT molecular complexity index is 620. The third-order valence-corrected chi connectivity index (χ3v) is 3.72. The Balaban J connectivity index is 2.28. The highest BCUT2D eigenvalue weighted by atomic mass is 79.9. The van der Waals surface area contributed by atoms with Gasteiger partial charge in [-0.15, -0.1) is 0 Å². The molecular formula is C15H11BrClFO. The molecule has 0 spiro atoms. The van der Waals surface area contributed by atoms with Crippen molar-refractivity contribution in [3.05, 3.63) is 68.4 Å². The Labute approximate surface area is 124 Å². The standard InChI is InChI=1S/C15H11BrClFO/c1-9-13(3-2-4-14(9)17)15(19)7-10-5-11(16)8-12(18)6-10/h2-6,8H,7H2,1H3. The van der Waals surface area contributed by atoms with Gasteiger partial charge in [-0.3, -0.25) is 4.79 Å². The minimum absolute atomic E-state index is 0.0718. The highest BCUT2D eigenvalue weighted by molar-refractivity contribution is 9.10. The van der Waals surface area contributed by atoms with E-state index in [9.17, 15) is 9.18 Å². The summed E-state index contributed by atoms with van der Waals surface area (Å²) in [7, 11) is 0. The Morgan fingerprint density at radius 2 is 2.05 bits per heavy atom. The van der Waals surface area contributed by atoms with E-state index in [2.05, 4.69) is 15.9 Å². The molecule has 0 aliphatic rings. The predicted octanol–water partition coefficient (Wildman–Crippen LogP) is 4.98. The molecule has 0 atom stereocenters. The lowest BCUT2D eigenvalue weighted by Crippen LogP contribution is -2.06. The molecule has 1 nitrogen and oxygen atoms in total. The van der Waals surface area contributed by atoms with Crippen LogP contribution in [0.5, 0.6) is 0 Å². The van der Waals surface area contributed by atoms with Crippen LogP contribution in [0.2, 0.25) is 5.02 Å². The summed E-state index contributed by atoms with van der Waals surface area (Å²) in [6, 6.07) is 9.68. The van der Waals surface area contributed by atoms with Crippen molar-refractivity contribution >= 4 is 33.3 Å². The Kier molecular flexibility index (Phi) is 4.38. The fourth-order valence-electron chi connectivity index (χ4n) is 1.90. The van der Waals surface area contributed by atoms with E-state index in [1.165, 1.54) is 12.1 Å². The fourth-order valence-corrected chi connectivity index (χ4v) is 2.59. The van der Waals surface area contributed by atoms with E-state index < -0.39 is 0 Å². The van der Waals surface area contributed by atoms with Crippen LogP contribution in [-0.2, 0) is 6.42 Å². The van der Waals surface area contributed by atoms with Gasteiger partial charge in [-0.25, -0.2) is 4.39 Å². The van der Waals surface area contributed by atoms with Crippen molar-refractivity contribution in [3.63, 3.8) is 0 Å². The summed E-state index contributed by atoms with van der Waals surface area (Å²) in [5.74, 6) is -0.433. The average Bonchev–Trinajstić information content (AvgIpc) is 2.31. The van der Waals surface area contributed by atoms with Gasteiger partial charge in [-0.1, -0.05) is 39.7 Å². The summed E-state index contributed by atoms with van der Waals surface area (Å²) >= 11 is 9.20. The number of Topliss-reactive ketones (excluding diaryl/α,β-unsaturated/α-hetero) is 1. The molecule has 0 fully saturated rings. The van der Waals surface area contributed by atoms with Crippen LogP contribution < -0.4 is 0 Å². The molecule has 19 heavy (non-hydrogen) atoms. The van der Waals surface area contributed by atoms with Gasteiger partial charge in [0.25, 0.3) is 0 Å². The third kappa shape index (κ3) is 3.43. The summed E-state index contributed by atoms with van der Waals surface area (Å²) in [5, 5.41) is 0.561. The summed E-state index contributed by atoms with van der Waals surface area (Å²) in [6.07, 6.45) is 0.150. The van der Waals surface area contributed by atoms with Gasteiger partial charge in [0.15, 0.2) is 5.78 Å². The second kappa shape index (κ2) is 5.85. The summed E-state index contributed by atoms with van der Waals surface area (Å²) < 4.78 is 13.9. The Hall–Kier alpha value is -1.19. The van der Waals surface area contributed by atoms with Crippen molar-refractivity contribution in [2.75, 3.05) is 0 Å². The molecule has 0 heterocycles. The van der Waals surface area contributed by atoms with Crippen molar-refractivity contribution in [2.45, 2.75) is 13.3 Å². The molecule has 0 aromatic heterocycles. The topological polar surface area (TPSA) is 17.1 Å². The minimum Gasteiger partial charge on any atom is -0.294 e. The molecule has 0 amide bonds. The Morgan fingerprint density at radius 3 is 2.74 bits per heavy atom. The van der Waals surface area contributed by atoms with Crippen LogP contribution in [0.3, 0.4) is 0 Å². The van der Waals surface area contributed by atoms with Crippen LogP contribution in [-0.4, -0.2) is 5.78 Å². The highest BCUT2D eigenvalue weighted by Crippen LogP contribution is 2.21. The summed E-state index contributed by atoms with van der Waals surface area (Å²) in [5.41, 5.74) is 1.97. The SMILES string of the molecule is Cc1c(Cl)cccc1C(=O)Cc1cc(F)cc(Br)c1. The molecule has 2 aromatic carbocycles. The number of hydrogen-bond acceptors (Lipinski definition) is 1. The number of carbonyl (C=O) groups excluding carboxylic acids is 1. The van der Waals surface area contributed by atoms with E-state index in [1.54, 1.807) is 31.2 Å². The average molecular weight is 342 g/mol. The Morgan fingerprint density at radius 1 is 1.32 bits per heavy atom.